The predicted octanol–water partition coefficient (Wildman–Crippen LogP) is 2.34. The van der Waals surface area contributed by atoms with Crippen molar-refractivity contribution in [2.45, 2.75) is 39.3 Å². The molecule has 2 N–H and O–H groups in total. The molecule has 0 unspecified atom stereocenters. The van der Waals surface area contributed by atoms with Crippen LogP contribution in [0.2, 0.25) is 0 Å². The lowest BCUT2D eigenvalue weighted by atomic mass is 10.2. The first-order chi connectivity index (χ1) is 10.3. The molecule has 1 aromatic heterocycles. The molecule has 7 nitrogen and oxygen atoms in total. The first kappa shape index (κ1) is 16.1. The van der Waals surface area contributed by atoms with Gasteiger partial charge in [0.1, 0.15) is 11.4 Å². The third-order valence-corrected chi connectivity index (χ3v) is 3.04. The number of likely N-dealkylation sites (tertiary alicyclic amines) is 1. The van der Waals surface area contributed by atoms with E-state index in [1.54, 1.807) is 44.0 Å². The number of hydrogen-bond donors (Lipinski definition) is 2. The minimum Gasteiger partial charge on any atom is -0.444 e. The Morgan fingerprint density at radius 3 is 2.55 bits per heavy atom. The van der Waals surface area contributed by atoms with Crippen LogP contribution in [-0.2, 0) is 11.3 Å². The first-order valence-corrected chi connectivity index (χ1v) is 7.31. The first-order valence-electron chi connectivity index (χ1n) is 7.31. The minimum absolute atomic E-state index is 0.0535. The molecule has 1 saturated heterocycles. The molecule has 0 bridgehead atoms. The third-order valence-electron chi connectivity index (χ3n) is 3.04. The monoisotopic (exact) mass is 306 g/mol. The summed E-state index contributed by atoms with van der Waals surface area (Å²) in [6.07, 6.45) is 2.14. The van der Waals surface area contributed by atoms with E-state index in [0.717, 1.165) is 25.1 Å². The third kappa shape index (κ3) is 4.91. The van der Waals surface area contributed by atoms with E-state index in [4.69, 9.17) is 4.74 Å². The lowest BCUT2D eigenvalue weighted by molar-refractivity contribution is 0.0635. The molecule has 0 saturated carbocycles. The summed E-state index contributed by atoms with van der Waals surface area (Å²) >= 11 is 0. The summed E-state index contributed by atoms with van der Waals surface area (Å²) in [5.74, 6) is 0.409. The van der Waals surface area contributed by atoms with Gasteiger partial charge in [-0.15, -0.1) is 0 Å². The van der Waals surface area contributed by atoms with E-state index >= 15 is 0 Å². The van der Waals surface area contributed by atoms with Gasteiger partial charge in [-0.05, 0) is 38.8 Å². The molecular formula is C15H22N4O3. The van der Waals surface area contributed by atoms with Crippen LogP contribution < -0.4 is 10.6 Å². The Bertz CT molecular complexity index is 533. The Balaban J connectivity index is 1.79. The summed E-state index contributed by atoms with van der Waals surface area (Å²) in [6.45, 7) is 7.44. The molecule has 0 radical (unpaired) electrons. The fourth-order valence-corrected chi connectivity index (χ4v) is 1.82. The Morgan fingerprint density at radius 1 is 1.32 bits per heavy atom. The smallest absolute Gasteiger partial charge is 0.413 e. The molecule has 1 aromatic rings. The van der Waals surface area contributed by atoms with Crippen LogP contribution in [-0.4, -0.2) is 40.7 Å². The zero-order valence-electron chi connectivity index (χ0n) is 13.2. The molecule has 22 heavy (non-hydrogen) atoms. The van der Waals surface area contributed by atoms with E-state index in [-0.39, 0.29) is 6.03 Å². The number of pyridine rings is 1. The number of amides is 3. The fourth-order valence-electron chi connectivity index (χ4n) is 1.82. The van der Waals surface area contributed by atoms with Gasteiger partial charge in [-0.1, -0.05) is 6.07 Å². The van der Waals surface area contributed by atoms with Gasteiger partial charge in [-0.25, -0.2) is 14.6 Å². The van der Waals surface area contributed by atoms with Gasteiger partial charge in [0.2, 0.25) is 0 Å². The highest BCUT2D eigenvalue weighted by molar-refractivity contribution is 5.83. The van der Waals surface area contributed by atoms with Gasteiger partial charge in [0, 0.05) is 25.8 Å². The van der Waals surface area contributed by atoms with Crippen LogP contribution in [0.1, 0.15) is 32.8 Å². The number of ether oxygens (including phenoxy) is 1. The molecule has 2 rings (SSSR count). The number of urea groups is 1. The topological polar surface area (TPSA) is 83.6 Å². The number of anilines is 1. The molecule has 1 aliphatic rings. The maximum atomic E-state index is 11.7. The Hall–Kier alpha value is -2.31. The van der Waals surface area contributed by atoms with Crippen molar-refractivity contribution in [3.8, 4) is 0 Å². The quantitative estimate of drug-likeness (QED) is 0.898. The average molecular weight is 306 g/mol. The summed E-state index contributed by atoms with van der Waals surface area (Å²) in [7, 11) is 0. The van der Waals surface area contributed by atoms with Crippen molar-refractivity contribution in [2.75, 3.05) is 18.4 Å². The highest BCUT2D eigenvalue weighted by Gasteiger charge is 2.19. The highest BCUT2D eigenvalue weighted by Crippen LogP contribution is 2.11. The van der Waals surface area contributed by atoms with Crippen LogP contribution in [0, 0.1) is 0 Å². The number of aromatic nitrogens is 1. The second-order valence-electron chi connectivity index (χ2n) is 6.18. The molecule has 0 aliphatic carbocycles. The normalized spacial score (nSPS) is 14.0. The van der Waals surface area contributed by atoms with Gasteiger partial charge in [0.15, 0.2) is 0 Å². The van der Waals surface area contributed by atoms with E-state index in [9.17, 15) is 9.59 Å². The van der Waals surface area contributed by atoms with Crippen LogP contribution in [0.15, 0.2) is 18.3 Å². The lowest BCUT2D eigenvalue weighted by Gasteiger charge is -2.30. The summed E-state index contributed by atoms with van der Waals surface area (Å²) in [5, 5.41) is 5.39. The second kappa shape index (κ2) is 6.64. The van der Waals surface area contributed by atoms with Crippen LogP contribution in [0.5, 0.6) is 0 Å². The van der Waals surface area contributed by atoms with Crippen molar-refractivity contribution in [1.29, 1.82) is 0 Å². The van der Waals surface area contributed by atoms with Crippen molar-refractivity contribution in [1.82, 2.24) is 15.2 Å². The van der Waals surface area contributed by atoms with Crippen molar-refractivity contribution in [2.24, 2.45) is 0 Å². The predicted molar refractivity (Wildman–Crippen MR) is 82.5 cm³/mol. The van der Waals surface area contributed by atoms with Crippen molar-refractivity contribution < 1.29 is 14.3 Å². The maximum Gasteiger partial charge on any atom is 0.413 e. The molecule has 7 heteroatoms. The average Bonchev–Trinajstić information content (AvgIpc) is 2.33. The molecule has 1 aliphatic heterocycles. The molecule has 3 amide bonds. The number of nitrogens with one attached hydrogen (secondary N) is 2. The van der Waals surface area contributed by atoms with Crippen LogP contribution >= 0.6 is 0 Å². The van der Waals surface area contributed by atoms with E-state index in [2.05, 4.69) is 15.6 Å². The Morgan fingerprint density at radius 2 is 2.05 bits per heavy atom. The lowest BCUT2D eigenvalue weighted by Crippen LogP contribution is -2.47. The van der Waals surface area contributed by atoms with Gasteiger partial charge in [-0.2, -0.15) is 0 Å². The van der Waals surface area contributed by atoms with Gasteiger partial charge in [0.05, 0.1) is 0 Å². The van der Waals surface area contributed by atoms with Crippen LogP contribution in [0.4, 0.5) is 15.4 Å². The molecular weight excluding hydrogens is 284 g/mol. The van der Waals surface area contributed by atoms with Crippen molar-refractivity contribution >= 4 is 17.9 Å². The van der Waals surface area contributed by atoms with Gasteiger partial charge < -0.3 is 15.0 Å². The Kier molecular flexibility index (Phi) is 4.85. The van der Waals surface area contributed by atoms with Crippen molar-refractivity contribution in [3.05, 3.63) is 23.9 Å². The van der Waals surface area contributed by atoms with Gasteiger partial charge >= 0.3 is 12.1 Å². The molecule has 0 atom stereocenters. The van der Waals surface area contributed by atoms with Crippen LogP contribution in [0.25, 0.3) is 0 Å². The highest BCUT2D eigenvalue weighted by atomic mass is 16.6. The molecule has 120 valence electrons. The van der Waals surface area contributed by atoms with E-state index in [1.807, 2.05) is 0 Å². The van der Waals surface area contributed by atoms with E-state index in [0.29, 0.717) is 12.4 Å². The second-order valence-corrected chi connectivity index (χ2v) is 6.18. The molecule has 1 fully saturated rings. The van der Waals surface area contributed by atoms with Crippen molar-refractivity contribution in [3.63, 3.8) is 0 Å². The Labute approximate surface area is 130 Å². The largest absolute Gasteiger partial charge is 0.444 e. The zero-order chi connectivity index (χ0) is 16.2. The van der Waals surface area contributed by atoms with Gasteiger partial charge in [0.25, 0.3) is 0 Å². The standard InChI is InChI=1S/C15H22N4O3/c1-15(2,3)22-14(21)18-12-6-5-11(9-16-12)10-17-13(20)19-7-4-8-19/h5-6,9H,4,7-8,10H2,1-3H3,(H,17,20)(H,16,18,21). The summed E-state index contributed by atoms with van der Waals surface area (Å²) in [5.41, 5.74) is 0.314. The summed E-state index contributed by atoms with van der Waals surface area (Å²) < 4.78 is 5.14. The number of carbonyl (C=O) groups excluding carboxylic acids is 2. The zero-order valence-corrected chi connectivity index (χ0v) is 13.2. The minimum atomic E-state index is -0.550. The van der Waals surface area contributed by atoms with Gasteiger partial charge in [-0.3, -0.25) is 5.32 Å². The molecule has 2 heterocycles. The molecule has 0 aromatic carbocycles. The SMILES string of the molecule is CC(C)(C)OC(=O)Nc1ccc(CNC(=O)N2CCC2)cn1. The summed E-state index contributed by atoms with van der Waals surface area (Å²) in [4.78, 5) is 29.2. The molecule has 0 spiro atoms. The summed E-state index contributed by atoms with van der Waals surface area (Å²) in [6, 6.07) is 3.42. The van der Waals surface area contributed by atoms with Crippen LogP contribution in [0.3, 0.4) is 0 Å². The van der Waals surface area contributed by atoms with E-state index < -0.39 is 11.7 Å². The number of rotatable bonds is 3. The number of carbonyl (C=O) groups is 2. The van der Waals surface area contributed by atoms with E-state index in [1.165, 1.54) is 0 Å². The fraction of sp³-hybridized carbons (Fsp3) is 0.533. The number of hydrogen-bond acceptors (Lipinski definition) is 4. The number of nitrogens with zero attached hydrogens (tertiary/aromatic N) is 2. The maximum absolute atomic E-state index is 11.7.